The van der Waals surface area contributed by atoms with Crippen molar-refractivity contribution < 1.29 is 13.0 Å². The fraction of sp³-hybridized carbons (Fsp3) is 0.200. The lowest BCUT2D eigenvalue weighted by atomic mass is 10.2. The Bertz CT molecular complexity index is 831. The highest BCUT2D eigenvalue weighted by Gasteiger charge is 2.16. The number of rotatable bonds is 1. The lowest BCUT2D eigenvalue weighted by Gasteiger charge is -1.98. The number of benzene rings is 1. The molecule has 0 bridgehead atoms. The van der Waals surface area contributed by atoms with Gasteiger partial charge in [0.1, 0.15) is 9.35 Å². The molecule has 1 aliphatic heterocycles. The highest BCUT2D eigenvalue weighted by Crippen LogP contribution is 2.37. The second kappa shape index (κ2) is 7.48. The lowest BCUT2D eigenvalue weighted by molar-refractivity contribution is 0.483. The molecule has 1 atom stereocenters. The van der Waals surface area contributed by atoms with E-state index in [-0.39, 0.29) is 15.4 Å². The molecule has 0 spiro atoms. The van der Waals surface area contributed by atoms with Gasteiger partial charge in [-0.3, -0.25) is 4.55 Å². The van der Waals surface area contributed by atoms with Crippen molar-refractivity contribution in [2.75, 3.05) is 17.8 Å². The molecule has 0 radical (unpaired) electrons. The Balaban J connectivity index is 0.000000168. The SMILES string of the molecule is CSC1=S(C)c2ncccc2N1.Cc1ccc(S(=O)(=O)O)cc1. The molecule has 1 aromatic carbocycles. The van der Waals surface area contributed by atoms with E-state index in [1.54, 1.807) is 23.9 Å². The summed E-state index contributed by atoms with van der Waals surface area (Å²) in [6.07, 6.45) is 6.16. The van der Waals surface area contributed by atoms with E-state index in [2.05, 4.69) is 28.9 Å². The van der Waals surface area contributed by atoms with E-state index in [0.717, 1.165) is 5.56 Å². The van der Waals surface area contributed by atoms with Crippen LogP contribution in [-0.2, 0) is 10.1 Å². The van der Waals surface area contributed by atoms with Crippen molar-refractivity contribution in [3.05, 3.63) is 48.2 Å². The van der Waals surface area contributed by atoms with Crippen LogP contribution in [0.2, 0.25) is 0 Å². The number of aromatic nitrogens is 1. The van der Waals surface area contributed by atoms with Gasteiger partial charge < -0.3 is 5.32 Å². The first-order valence-corrected chi connectivity index (χ1v) is 11.0. The zero-order valence-electron chi connectivity index (χ0n) is 13.0. The van der Waals surface area contributed by atoms with Crippen molar-refractivity contribution in [1.82, 2.24) is 4.98 Å². The standard InChI is InChI=1S/C8H10N2S2.C7H8O3S/c1-11-8-10-6-4-3-5-9-7(6)12(8)2;1-6-2-4-7(5-3-6)11(8,9)10/h3-5,10H,1-2H3;2-5H,1H3,(H,8,9,10). The van der Waals surface area contributed by atoms with Crippen LogP contribution in [0.3, 0.4) is 0 Å². The van der Waals surface area contributed by atoms with E-state index in [1.165, 1.54) is 27.2 Å². The number of aryl methyl sites for hydroxylation is 1. The number of anilines is 1. The van der Waals surface area contributed by atoms with E-state index >= 15 is 0 Å². The van der Waals surface area contributed by atoms with Gasteiger partial charge >= 0.3 is 0 Å². The number of fused-ring (bicyclic) bond motifs is 1. The molecule has 0 saturated heterocycles. The molecule has 124 valence electrons. The first kappa shape index (κ1) is 18.0. The van der Waals surface area contributed by atoms with Crippen molar-refractivity contribution in [3.8, 4) is 0 Å². The van der Waals surface area contributed by atoms with Gasteiger partial charge in [0.25, 0.3) is 10.1 Å². The Morgan fingerprint density at radius 3 is 2.39 bits per heavy atom. The predicted molar refractivity (Wildman–Crippen MR) is 99.2 cm³/mol. The van der Waals surface area contributed by atoms with Crippen LogP contribution in [0.25, 0.3) is 0 Å². The van der Waals surface area contributed by atoms with E-state index in [1.807, 2.05) is 19.2 Å². The van der Waals surface area contributed by atoms with Gasteiger partial charge in [-0.15, -0.1) is 22.2 Å². The Hall–Kier alpha value is -1.35. The van der Waals surface area contributed by atoms with Crippen molar-refractivity contribution in [3.63, 3.8) is 0 Å². The molecule has 2 N–H and O–H groups in total. The first-order chi connectivity index (χ1) is 10.8. The fourth-order valence-electron chi connectivity index (χ4n) is 1.89. The summed E-state index contributed by atoms with van der Waals surface area (Å²) in [5, 5.41) is 4.56. The molecule has 23 heavy (non-hydrogen) atoms. The zero-order chi connectivity index (χ0) is 17.0. The summed E-state index contributed by atoms with van der Waals surface area (Å²) in [5.74, 6) is 0. The number of pyridine rings is 1. The van der Waals surface area contributed by atoms with Crippen molar-refractivity contribution in [2.45, 2.75) is 16.8 Å². The topological polar surface area (TPSA) is 79.3 Å². The molecule has 1 aliphatic rings. The van der Waals surface area contributed by atoms with Crippen LogP contribution in [0.4, 0.5) is 5.69 Å². The highest BCUT2D eigenvalue weighted by atomic mass is 32.2. The molecular weight excluding hydrogens is 352 g/mol. The molecule has 1 unspecified atom stereocenters. The number of nitrogens with zero attached hydrogens (tertiary/aromatic N) is 1. The van der Waals surface area contributed by atoms with Crippen molar-refractivity contribution >= 4 is 42.4 Å². The zero-order valence-corrected chi connectivity index (χ0v) is 15.4. The van der Waals surface area contributed by atoms with Crippen LogP contribution in [-0.4, -0.2) is 34.8 Å². The average Bonchev–Trinajstić information content (AvgIpc) is 2.84. The number of hydrogen-bond donors (Lipinski definition) is 2. The van der Waals surface area contributed by atoms with Gasteiger partial charge in [-0.2, -0.15) is 8.42 Å². The summed E-state index contributed by atoms with van der Waals surface area (Å²) >= 11 is 1.77. The second-order valence-electron chi connectivity index (χ2n) is 4.77. The van der Waals surface area contributed by atoms with Crippen LogP contribution in [0.1, 0.15) is 5.56 Å². The smallest absolute Gasteiger partial charge is 0.294 e. The number of hydrogen-bond acceptors (Lipinski definition) is 5. The third kappa shape index (κ3) is 4.57. The monoisotopic (exact) mass is 370 g/mol. The van der Waals surface area contributed by atoms with Gasteiger partial charge in [0.15, 0.2) is 0 Å². The third-order valence-electron chi connectivity index (χ3n) is 3.08. The number of thioether (sulfide) groups is 1. The number of nitrogens with one attached hydrogen (secondary N) is 1. The van der Waals surface area contributed by atoms with Gasteiger partial charge in [0.05, 0.1) is 10.6 Å². The van der Waals surface area contributed by atoms with Crippen molar-refractivity contribution in [2.24, 2.45) is 0 Å². The minimum atomic E-state index is -4.02. The van der Waals surface area contributed by atoms with E-state index in [9.17, 15) is 8.42 Å². The maximum absolute atomic E-state index is 10.5. The maximum atomic E-state index is 10.5. The van der Waals surface area contributed by atoms with Crippen LogP contribution in [0, 0.1) is 6.92 Å². The summed E-state index contributed by atoms with van der Waals surface area (Å²) in [6, 6.07) is 10.0. The largest absolute Gasteiger partial charge is 0.343 e. The third-order valence-corrected chi connectivity index (χ3v) is 7.23. The lowest BCUT2D eigenvalue weighted by Crippen LogP contribution is -2.00. The predicted octanol–water partition coefficient (Wildman–Crippen LogP) is 3.46. The average molecular weight is 371 g/mol. The fourth-order valence-corrected chi connectivity index (χ4v) is 4.93. The van der Waals surface area contributed by atoms with Crippen LogP contribution < -0.4 is 5.32 Å². The second-order valence-corrected chi connectivity index (χ2v) is 9.08. The summed E-state index contributed by atoms with van der Waals surface area (Å²) in [4.78, 5) is 4.29. The summed E-state index contributed by atoms with van der Waals surface area (Å²) in [7, 11) is -3.85. The molecule has 0 saturated carbocycles. The maximum Gasteiger partial charge on any atom is 0.294 e. The van der Waals surface area contributed by atoms with E-state index in [4.69, 9.17) is 4.55 Å². The molecule has 0 aliphatic carbocycles. The molecule has 1 aromatic heterocycles. The molecule has 3 rings (SSSR count). The van der Waals surface area contributed by atoms with Gasteiger partial charge in [-0.1, -0.05) is 17.7 Å². The molecule has 0 fully saturated rings. The summed E-state index contributed by atoms with van der Waals surface area (Å²) in [6.45, 7) is 1.84. The minimum absolute atomic E-state index is 0.0666. The van der Waals surface area contributed by atoms with Gasteiger partial charge in [0, 0.05) is 6.20 Å². The molecular formula is C15H18N2O3S3. The molecule has 0 amide bonds. The Labute approximate surface area is 143 Å². The highest BCUT2D eigenvalue weighted by molar-refractivity contribution is 8.34. The molecule has 5 nitrogen and oxygen atoms in total. The van der Waals surface area contributed by atoms with E-state index in [0.29, 0.717) is 0 Å². The Morgan fingerprint density at radius 1 is 1.22 bits per heavy atom. The van der Waals surface area contributed by atoms with Gasteiger partial charge in [0.2, 0.25) is 0 Å². The Kier molecular flexibility index (Phi) is 5.85. The van der Waals surface area contributed by atoms with Crippen LogP contribution >= 0.6 is 22.2 Å². The summed E-state index contributed by atoms with van der Waals surface area (Å²) < 4.78 is 30.9. The minimum Gasteiger partial charge on any atom is -0.343 e. The normalized spacial score (nSPS) is 16.2. The van der Waals surface area contributed by atoms with Crippen LogP contribution in [0.15, 0.2) is 52.5 Å². The molecule has 2 heterocycles. The molecule has 8 heteroatoms. The van der Waals surface area contributed by atoms with Crippen molar-refractivity contribution in [1.29, 1.82) is 0 Å². The van der Waals surface area contributed by atoms with Gasteiger partial charge in [-0.05, 0) is 43.7 Å². The molecule has 2 aromatic rings. The summed E-state index contributed by atoms with van der Waals surface area (Å²) in [5.41, 5.74) is 2.13. The Morgan fingerprint density at radius 2 is 1.87 bits per heavy atom. The van der Waals surface area contributed by atoms with Crippen LogP contribution in [0.5, 0.6) is 0 Å². The van der Waals surface area contributed by atoms with Gasteiger partial charge in [-0.25, -0.2) is 4.98 Å². The van der Waals surface area contributed by atoms with E-state index < -0.39 is 10.1 Å². The quantitative estimate of drug-likeness (QED) is 0.591. The first-order valence-electron chi connectivity index (χ1n) is 6.66.